The lowest BCUT2D eigenvalue weighted by Crippen LogP contribution is -2.07. The van der Waals surface area contributed by atoms with E-state index in [1.165, 1.54) is 4.68 Å². The highest BCUT2D eigenvalue weighted by molar-refractivity contribution is 5.33. The van der Waals surface area contributed by atoms with Crippen molar-refractivity contribution >= 4 is 5.82 Å². The van der Waals surface area contributed by atoms with Crippen molar-refractivity contribution in [3.05, 3.63) is 30.0 Å². The van der Waals surface area contributed by atoms with Gasteiger partial charge in [-0.2, -0.15) is 14.6 Å². The summed E-state index contributed by atoms with van der Waals surface area (Å²) in [6, 6.07) is 2.27. The van der Waals surface area contributed by atoms with Crippen LogP contribution in [0.5, 0.6) is 0 Å². The first kappa shape index (κ1) is 13.6. The van der Waals surface area contributed by atoms with Crippen molar-refractivity contribution in [3.8, 4) is 0 Å². The summed E-state index contributed by atoms with van der Waals surface area (Å²) in [5.41, 5.74) is 0.555. The van der Waals surface area contributed by atoms with Gasteiger partial charge in [-0.25, -0.2) is 4.68 Å². The van der Waals surface area contributed by atoms with E-state index in [9.17, 15) is 4.39 Å². The molecule has 1 N–H and O–H groups in total. The molecular weight excluding hydrogens is 245 g/mol. The smallest absolute Gasteiger partial charge is 0.216 e. The first-order valence-corrected chi connectivity index (χ1v) is 6.64. The number of rotatable bonds is 6. The first-order chi connectivity index (χ1) is 9.15. The largest absolute Gasteiger partial charge is 0.364 e. The van der Waals surface area contributed by atoms with Gasteiger partial charge in [-0.3, -0.25) is 4.68 Å². The lowest BCUT2D eigenvalue weighted by molar-refractivity contribution is 0.465. The fourth-order valence-corrected chi connectivity index (χ4v) is 1.80. The third-order valence-electron chi connectivity index (χ3n) is 3.25. The third-order valence-corrected chi connectivity index (χ3v) is 3.25. The second-order valence-electron chi connectivity index (χ2n) is 4.57. The van der Waals surface area contributed by atoms with Crippen molar-refractivity contribution in [1.82, 2.24) is 19.6 Å². The molecule has 2 aromatic rings. The van der Waals surface area contributed by atoms with Gasteiger partial charge in [0.15, 0.2) is 0 Å². The Morgan fingerprint density at radius 2 is 2.21 bits per heavy atom. The molecule has 1 atom stereocenters. The van der Waals surface area contributed by atoms with Gasteiger partial charge in [-0.1, -0.05) is 6.92 Å². The highest BCUT2D eigenvalue weighted by Crippen LogP contribution is 2.13. The number of nitrogens with one attached hydrogen (secondary N) is 1. The molecule has 104 valence electrons. The minimum Gasteiger partial charge on any atom is -0.364 e. The number of halogens is 1. The predicted octanol–water partition coefficient (Wildman–Crippen LogP) is 2.82. The molecule has 0 fully saturated rings. The van der Waals surface area contributed by atoms with Crippen LogP contribution < -0.4 is 5.32 Å². The zero-order valence-corrected chi connectivity index (χ0v) is 11.6. The van der Waals surface area contributed by atoms with Gasteiger partial charge in [0.1, 0.15) is 5.82 Å². The van der Waals surface area contributed by atoms with Crippen LogP contribution in [0.2, 0.25) is 0 Å². The van der Waals surface area contributed by atoms with E-state index in [1.807, 2.05) is 23.9 Å². The second kappa shape index (κ2) is 5.86. The quantitative estimate of drug-likeness (QED) is 0.873. The molecule has 2 rings (SSSR count). The van der Waals surface area contributed by atoms with Crippen LogP contribution in [-0.4, -0.2) is 19.6 Å². The van der Waals surface area contributed by atoms with E-state index < -0.39 is 0 Å². The van der Waals surface area contributed by atoms with Crippen LogP contribution in [0.4, 0.5) is 10.2 Å². The standard InChI is InChI=1S/C13H20FN5/c1-4-10(3)19-7-6-12(17-19)15-8-11-9-16-18(5-2)13(11)14/h6-7,9-10H,4-5,8H2,1-3H3,(H,15,17)/t10-/m1/s1. The summed E-state index contributed by atoms with van der Waals surface area (Å²) in [6.07, 6.45) is 4.51. The Hall–Kier alpha value is -1.85. The number of aryl methyl sites for hydroxylation is 1. The van der Waals surface area contributed by atoms with Crippen LogP contribution >= 0.6 is 0 Å². The summed E-state index contributed by atoms with van der Waals surface area (Å²) in [6.45, 7) is 7.02. The monoisotopic (exact) mass is 265 g/mol. The molecular formula is C13H20FN5. The summed E-state index contributed by atoms with van der Waals surface area (Å²) in [5, 5.41) is 11.5. The Morgan fingerprint density at radius 1 is 1.42 bits per heavy atom. The predicted molar refractivity (Wildman–Crippen MR) is 72.4 cm³/mol. The molecule has 19 heavy (non-hydrogen) atoms. The molecule has 0 aliphatic carbocycles. The van der Waals surface area contributed by atoms with E-state index in [2.05, 4.69) is 29.4 Å². The van der Waals surface area contributed by atoms with Crippen LogP contribution in [0, 0.1) is 5.95 Å². The molecule has 0 radical (unpaired) electrons. The zero-order valence-electron chi connectivity index (χ0n) is 11.6. The van der Waals surface area contributed by atoms with E-state index in [1.54, 1.807) is 6.20 Å². The molecule has 0 unspecified atom stereocenters. The molecule has 0 saturated heterocycles. The minimum absolute atomic E-state index is 0.281. The fourth-order valence-electron chi connectivity index (χ4n) is 1.80. The van der Waals surface area contributed by atoms with E-state index in [0.717, 1.165) is 12.2 Å². The summed E-state index contributed by atoms with van der Waals surface area (Å²) in [5.74, 6) is 0.473. The lowest BCUT2D eigenvalue weighted by Gasteiger charge is -2.08. The van der Waals surface area contributed by atoms with Gasteiger partial charge < -0.3 is 5.32 Å². The van der Waals surface area contributed by atoms with Gasteiger partial charge in [0, 0.05) is 37.0 Å². The van der Waals surface area contributed by atoms with Crippen molar-refractivity contribution in [2.24, 2.45) is 0 Å². The molecule has 6 heteroatoms. The van der Waals surface area contributed by atoms with E-state index in [0.29, 0.717) is 24.7 Å². The first-order valence-electron chi connectivity index (χ1n) is 6.64. The lowest BCUT2D eigenvalue weighted by atomic mass is 10.3. The summed E-state index contributed by atoms with van der Waals surface area (Å²) in [7, 11) is 0. The normalized spacial score (nSPS) is 12.6. The number of anilines is 1. The van der Waals surface area contributed by atoms with Crippen LogP contribution in [0.25, 0.3) is 0 Å². The van der Waals surface area contributed by atoms with Crippen molar-refractivity contribution < 1.29 is 4.39 Å². The average Bonchev–Trinajstić information content (AvgIpc) is 3.02. The molecule has 2 heterocycles. The Bertz CT molecular complexity index is 531. The van der Waals surface area contributed by atoms with Crippen LogP contribution in [0.15, 0.2) is 18.5 Å². The van der Waals surface area contributed by atoms with Crippen molar-refractivity contribution in [2.45, 2.75) is 46.3 Å². The summed E-state index contributed by atoms with van der Waals surface area (Å²) in [4.78, 5) is 0. The molecule has 0 bridgehead atoms. The zero-order chi connectivity index (χ0) is 13.8. The molecule has 0 saturated carbocycles. The van der Waals surface area contributed by atoms with E-state index in [-0.39, 0.29) is 5.95 Å². The van der Waals surface area contributed by atoms with Crippen molar-refractivity contribution in [2.75, 3.05) is 5.32 Å². The van der Waals surface area contributed by atoms with Gasteiger partial charge in [0.25, 0.3) is 0 Å². The molecule has 0 amide bonds. The maximum Gasteiger partial charge on any atom is 0.216 e. The Balaban J connectivity index is 1.98. The van der Waals surface area contributed by atoms with Crippen molar-refractivity contribution in [1.29, 1.82) is 0 Å². The van der Waals surface area contributed by atoms with Crippen LogP contribution in [0.3, 0.4) is 0 Å². The molecule has 0 spiro atoms. The Kier molecular flexibility index (Phi) is 4.19. The Labute approximate surface area is 112 Å². The number of nitrogens with zero attached hydrogens (tertiary/aromatic N) is 4. The maximum absolute atomic E-state index is 13.8. The van der Waals surface area contributed by atoms with Gasteiger partial charge in [-0.05, 0) is 20.3 Å². The highest BCUT2D eigenvalue weighted by Gasteiger charge is 2.10. The van der Waals surface area contributed by atoms with Crippen LogP contribution in [0.1, 0.15) is 38.8 Å². The summed E-state index contributed by atoms with van der Waals surface area (Å²) < 4.78 is 17.0. The maximum atomic E-state index is 13.8. The van der Waals surface area contributed by atoms with E-state index in [4.69, 9.17) is 0 Å². The molecule has 0 aliphatic rings. The molecule has 2 aromatic heterocycles. The Morgan fingerprint density at radius 3 is 2.84 bits per heavy atom. The van der Waals surface area contributed by atoms with Crippen LogP contribution in [-0.2, 0) is 13.1 Å². The van der Waals surface area contributed by atoms with Gasteiger partial charge >= 0.3 is 0 Å². The number of aromatic nitrogens is 4. The van der Waals surface area contributed by atoms with Gasteiger partial charge in [-0.15, -0.1) is 0 Å². The van der Waals surface area contributed by atoms with Gasteiger partial charge in [0.2, 0.25) is 5.95 Å². The molecule has 0 aliphatic heterocycles. The molecule has 5 nitrogen and oxygen atoms in total. The second-order valence-corrected chi connectivity index (χ2v) is 4.57. The third kappa shape index (κ3) is 2.94. The van der Waals surface area contributed by atoms with Gasteiger partial charge in [0.05, 0.1) is 6.20 Å². The molecule has 0 aromatic carbocycles. The summed E-state index contributed by atoms with van der Waals surface area (Å²) >= 11 is 0. The average molecular weight is 265 g/mol. The number of hydrogen-bond acceptors (Lipinski definition) is 3. The SMILES string of the molecule is CC[C@@H](C)n1ccc(NCc2cnn(CC)c2F)n1. The van der Waals surface area contributed by atoms with Crippen molar-refractivity contribution in [3.63, 3.8) is 0 Å². The van der Waals surface area contributed by atoms with E-state index >= 15 is 0 Å². The topological polar surface area (TPSA) is 47.7 Å². The minimum atomic E-state index is -0.281. The fraction of sp³-hybridized carbons (Fsp3) is 0.538. The highest BCUT2D eigenvalue weighted by atomic mass is 19.1. The number of hydrogen-bond donors (Lipinski definition) is 1.